The van der Waals surface area contributed by atoms with E-state index in [4.69, 9.17) is 10.5 Å². The van der Waals surface area contributed by atoms with Crippen molar-refractivity contribution in [2.45, 2.75) is 52.0 Å². The first-order valence-electron chi connectivity index (χ1n) is 7.27. The fraction of sp³-hybridized carbons (Fsp3) is 0.929. The molecule has 0 aromatic heterocycles. The van der Waals surface area contributed by atoms with Crippen LogP contribution in [-0.4, -0.2) is 31.7 Å². The van der Waals surface area contributed by atoms with Crippen LogP contribution in [0.3, 0.4) is 0 Å². The van der Waals surface area contributed by atoms with Gasteiger partial charge in [0.05, 0.1) is 0 Å². The van der Waals surface area contributed by atoms with E-state index in [1.54, 1.807) is 0 Å². The lowest BCUT2D eigenvalue weighted by Crippen LogP contribution is -2.44. The van der Waals surface area contributed by atoms with Crippen molar-refractivity contribution in [3.8, 4) is 0 Å². The zero-order valence-electron chi connectivity index (χ0n) is 11.8. The summed E-state index contributed by atoms with van der Waals surface area (Å²) in [5.74, 6) is 0.577. The minimum absolute atomic E-state index is 0.102. The quantitative estimate of drug-likeness (QED) is 0.681. The molecule has 3 atom stereocenters. The number of amides is 1. The van der Waals surface area contributed by atoms with Crippen LogP contribution in [0.2, 0.25) is 0 Å². The standard InChI is InChI=1S/C14H28N2O2/c1-3-9-18-10-5-8-16-14(17)12-6-4-7-13(15)11(12)2/h11-13H,3-10,15H2,1-2H3,(H,16,17). The highest BCUT2D eigenvalue weighted by Crippen LogP contribution is 2.28. The fourth-order valence-electron chi connectivity index (χ4n) is 2.53. The van der Waals surface area contributed by atoms with Crippen molar-refractivity contribution in [1.29, 1.82) is 0 Å². The Morgan fingerprint density at radius 1 is 1.39 bits per heavy atom. The maximum atomic E-state index is 12.0. The Hall–Kier alpha value is -0.610. The second-order valence-electron chi connectivity index (χ2n) is 5.32. The number of carbonyl (C=O) groups excluding carboxylic acids is 1. The zero-order valence-corrected chi connectivity index (χ0v) is 11.8. The van der Waals surface area contributed by atoms with E-state index in [0.717, 1.165) is 45.3 Å². The molecule has 1 aliphatic rings. The van der Waals surface area contributed by atoms with E-state index in [2.05, 4.69) is 19.2 Å². The van der Waals surface area contributed by atoms with E-state index in [9.17, 15) is 4.79 Å². The molecule has 1 rings (SSSR count). The lowest BCUT2D eigenvalue weighted by Gasteiger charge is -2.32. The van der Waals surface area contributed by atoms with Gasteiger partial charge >= 0.3 is 0 Å². The molecular weight excluding hydrogens is 228 g/mol. The number of hydrogen-bond acceptors (Lipinski definition) is 3. The highest BCUT2D eigenvalue weighted by molar-refractivity contribution is 5.79. The molecule has 0 aliphatic heterocycles. The van der Waals surface area contributed by atoms with E-state index < -0.39 is 0 Å². The van der Waals surface area contributed by atoms with Gasteiger partial charge in [-0.1, -0.05) is 20.3 Å². The third-order valence-electron chi connectivity index (χ3n) is 3.81. The number of nitrogens with two attached hydrogens (primary N) is 1. The van der Waals surface area contributed by atoms with Gasteiger partial charge in [-0.25, -0.2) is 0 Å². The Morgan fingerprint density at radius 3 is 2.89 bits per heavy atom. The lowest BCUT2D eigenvalue weighted by atomic mass is 9.77. The van der Waals surface area contributed by atoms with Crippen LogP contribution >= 0.6 is 0 Å². The molecule has 0 aromatic carbocycles. The molecule has 4 nitrogen and oxygen atoms in total. The molecule has 0 aromatic rings. The van der Waals surface area contributed by atoms with Gasteiger partial charge in [0.1, 0.15) is 0 Å². The average molecular weight is 256 g/mol. The van der Waals surface area contributed by atoms with Gasteiger partial charge < -0.3 is 15.8 Å². The van der Waals surface area contributed by atoms with Crippen LogP contribution in [0.4, 0.5) is 0 Å². The Labute approximate surface area is 111 Å². The normalized spacial score (nSPS) is 28.1. The Kier molecular flexibility index (Phi) is 7.28. The summed E-state index contributed by atoms with van der Waals surface area (Å²) in [6.45, 7) is 6.44. The van der Waals surface area contributed by atoms with Crippen LogP contribution in [0.1, 0.15) is 46.0 Å². The van der Waals surface area contributed by atoms with E-state index in [1.807, 2.05) is 0 Å². The van der Waals surface area contributed by atoms with E-state index in [0.29, 0.717) is 12.5 Å². The summed E-state index contributed by atoms with van der Waals surface area (Å²) in [4.78, 5) is 12.0. The summed E-state index contributed by atoms with van der Waals surface area (Å²) in [6, 6.07) is 0.183. The van der Waals surface area contributed by atoms with Crippen molar-refractivity contribution < 1.29 is 9.53 Å². The molecule has 1 saturated carbocycles. The summed E-state index contributed by atoms with van der Waals surface area (Å²) < 4.78 is 5.38. The highest BCUT2D eigenvalue weighted by atomic mass is 16.5. The molecule has 3 unspecified atom stereocenters. The molecule has 4 heteroatoms. The van der Waals surface area contributed by atoms with Gasteiger partial charge in [0.15, 0.2) is 0 Å². The van der Waals surface area contributed by atoms with Crippen LogP contribution in [0.25, 0.3) is 0 Å². The summed E-state index contributed by atoms with van der Waals surface area (Å²) in [7, 11) is 0. The summed E-state index contributed by atoms with van der Waals surface area (Å²) in [5, 5.41) is 3.01. The second kappa shape index (κ2) is 8.48. The van der Waals surface area contributed by atoms with Crippen LogP contribution in [-0.2, 0) is 9.53 Å². The third kappa shape index (κ3) is 4.94. The van der Waals surface area contributed by atoms with Gasteiger partial charge in [-0.15, -0.1) is 0 Å². The smallest absolute Gasteiger partial charge is 0.223 e. The first-order valence-corrected chi connectivity index (χ1v) is 7.27. The summed E-state index contributed by atoms with van der Waals surface area (Å²) in [5.41, 5.74) is 6.02. The maximum Gasteiger partial charge on any atom is 0.223 e. The highest BCUT2D eigenvalue weighted by Gasteiger charge is 2.32. The molecule has 0 bridgehead atoms. The number of rotatable bonds is 7. The van der Waals surface area contributed by atoms with Crippen LogP contribution in [0, 0.1) is 11.8 Å². The number of nitrogens with one attached hydrogen (secondary N) is 1. The molecule has 0 spiro atoms. The molecule has 106 valence electrons. The molecule has 0 radical (unpaired) electrons. The van der Waals surface area contributed by atoms with Gasteiger partial charge in [-0.05, 0) is 31.6 Å². The second-order valence-corrected chi connectivity index (χ2v) is 5.32. The summed E-state index contributed by atoms with van der Waals surface area (Å²) >= 11 is 0. The van der Waals surface area contributed by atoms with Gasteiger partial charge in [0.2, 0.25) is 5.91 Å². The van der Waals surface area contributed by atoms with Crippen LogP contribution in [0.15, 0.2) is 0 Å². The Morgan fingerprint density at radius 2 is 2.17 bits per heavy atom. The van der Waals surface area contributed by atoms with Gasteiger partial charge in [0, 0.05) is 31.7 Å². The average Bonchev–Trinajstić information content (AvgIpc) is 2.36. The monoisotopic (exact) mass is 256 g/mol. The largest absolute Gasteiger partial charge is 0.381 e. The Balaban J connectivity index is 2.15. The number of carbonyl (C=O) groups is 1. The van der Waals surface area contributed by atoms with Gasteiger partial charge in [-0.2, -0.15) is 0 Å². The topological polar surface area (TPSA) is 64.3 Å². The van der Waals surface area contributed by atoms with E-state index in [1.165, 1.54) is 0 Å². The zero-order chi connectivity index (χ0) is 13.4. The summed E-state index contributed by atoms with van der Waals surface area (Å²) in [6.07, 6.45) is 5.04. The molecule has 0 heterocycles. The molecular formula is C14H28N2O2. The maximum absolute atomic E-state index is 12.0. The first kappa shape index (κ1) is 15.4. The van der Waals surface area contributed by atoms with Gasteiger partial charge in [0.25, 0.3) is 0 Å². The van der Waals surface area contributed by atoms with Crippen molar-refractivity contribution >= 4 is 5.91 Å². The first-order chi connectivity index (χ1) is 8.66. The van der Waals surface area contributed by atoms with Crippen LogP contribution < -0.4 is 11.1 Å². The lowest BCUT2D eigenvalue weighted by molar-refractivity contribution is -0.127. The van der Waals surface area contributed by atoms with Gasteiger partial charge in [-0.3, -0.25) is 4.79 Å². The van der Waals surface area contributed by atoms with Crippen LogP contribution in [0.5, 0.6) is 0 Å². The van der Waals surface area contributed by atoms with Crippen molar-refractivity contribution in [2.75, 3.05) is 19.8 Å². The molecule has 0 saturated heterocycles. The molecule has 18 heavy (non-hydrogen) atoms. The van der Waals surface area contributed by atoms with E-state index >= 15 is 0 Å². The fourth-order valence-corrected chi connectivity index (χ4v) is 2.53. The molecule has 1 amide bonds. The minimum atomic E-state index is 0.102. The predicted octanol–water partition coefficient (Wildman–Crippen LogP) is 1.68. The number of hydrogen-bond donors (Lipinski definition) is 2. The van der Waals surface area contributed by atoms with Crippen molar-refractivity contribution in [1.82, 2.24) is 5.32 Å². The minimum Gasteiger partial charge on any atom is -0.381 e. The van der Waals surface area contributed by atoms with E-state index in [-0.39, 0.29) is 17.9 Å². The molecule has 3 N–H and O–H groups in total. The molecule has 1 fully saturated rings. The molecule has 1 aliphatic carbocycles. The van der Waals surface area contributed by atoms with Crippen molar-refractivity contribution in [2.24, 2.45) is 17.6 Å². The SMILES string of the molecule is CCCOCCCNC(=O)C1CCCC(N)C1C. The Bertz CT molecular complexity index is 246. The third-order valence-corrected chi connectivity index (χ3v) is 3.81. The van der Waals surface area contributed by atoms with Crippen molar-refractivity contribution in [3.63, 3.8) is 0 Å². The van der Waals surface area contributed by atoms with Crippen molar-refractivity contribution in [3.05, 3.63) is 0 Å². The number of ether oxygens (including phenoxy) is 1. The predicted molar refractivity (Wildman–Crippen MR) is 73.2 cm³/mol.